The second kappa shape index (κ2) is 7.33. The minimum absolute atomic E-state index is 0.00170. The number of hydrogen-bond donors (Lipinski definition) is 9. The molecule has 0 aromatic heterocycles. The molecule has 0 heterocycles. The van der Waals surface area contributed by atoms with E-state index in [9.17, 15) is 32.4 Å². The topological polar surface area (TPSA) is 218 Å². The van der Waals surface area contributed by atoms with Crippen LogP contribution in [0.5, 0.6) is 5.75 Å². The van der Waals surface area contributed by atoms with Gasteiger partial charge in [-0.1, -0.05) is 6.07 Å². The van der Waals surface area contributed by atoms with E-state index in [2.05, 4.69) is 10.2 Å². The molecule has 0 aliphatic heterocycles. The van der Waals surface area contributed by atoms with Crippen molar-refractivity contribution in [2.75, 3.05) is 11.5 Å². The van der Waals surface area contributed by atoms with E-state index < -0.39 is 27.5 Å². The van der Waals surface area contributed by atoms with Crippen molar-refractivity contribution in [3.8, 4) is 5.75 Å². The van der Waals surface area contributed by atoms with Crippen LogP contribution in [0.1, 0.15) is 0 Å². The Kier molecular flexibility index (Phi) is 5.33. The second-order valence-electron chi connectivity index (χ2n) is 6.01. The number of nitrogens with two attached hydrogens (primary N) is 2. The summed E-state index contributed by atoms with van der Waals surface area (Å²) < 4.78 is 57.0. The Bertz CT molecular complexity index is 1130. The van der Waals surface area contributed by atoms with Gasteiger partial charge < -0.3 is 43.9 Å². The standard InChI is InChI=1S/C16H18N4O7S2/c17-9-2-4-12(14(6-9)29(25,26)27)19-20-16-11(18)3-1-8-5-10(28(22,23)24)7-13(21)15(8)16/h1-7,21-27H,17-18H2. The monoisotopic (exact) mass is 442 g/mol. The van der Waals surface area contributed by atoms with Gasteiger partial charge in [-0.25, -0.2) is 0 Å². The maximum Gasteiger partial charge on any atom is 0.127 e. The van der Waals surface area contributed by atoms with Gasteiger partial charge in [0, 0.05) is 5.69 Å². The number of hydrogen-bond acceptors (Lipinski definition) is 11. The number of benzene rings is 3. The highest BCUT2D eigenvalue weighted by Crippen LogP contribution is 2.51. The number of nitrogen functional groups attached to an aromatic ring is 2. The van der Waals surface area contributed by atoms with Crippen molar-refractivity contribution in [2.45, 2.75) is 9.79 Å². The lowest BCUT2D eigenvalue weighted by molar-refractivity contribution is 0.373. The first-order valence-corrected chi connectivity index (χ1v) is 10.8. The lowest BCUT2D eigenvalue weighted by atomic mass is 10.1. The fraction of sp³-hybridized carbons (Fsp3) is 0. The van der Waals surface area contributed by atoms with Crippen molar-refractivity contribution in [2.24, 2.45) is 10.2 Å². The molecule has 0 unspecified atom stereocenters. The van der Waals surface area contributed by atoms with E-state index >= 15 is 0 Å². The minimum Gasteiger partial charge on any atom is -0.507 e. The van der Waals surface area contributed by atoms with Crippen LogP contribution in [0.15, 0.2) is 62.5 Å². The highest BCUT2D eigenvalue weighted by molar-refractivity contribution is 8.19. The van der Waals surface area contributed by atoms with E-state index in [1.165, 1.54) is 30.3 Å². The summed E-state index contributed by atoms with van der Waals surface area (Å²) in [5.41, 5.74) is 11.7. The zero-order valence-electron chi connectivity index (χ0n) is 14.5. The van der Waals surface area contributed by atoms with Crippen LogP contribution < -0.4 is 11.5 Å². The van der Waals surface area contributed by atoms with Crippen molar-refractivity contribution in [1.29, 1.82) is 0 Å². The van der Waals surface area contributed by atoms with Crippen LogP contribution in [0.2, 0.25) is 0 Å². The van der Waals surface area contributed by atoms with Crippen molar-refractivity contribution in [3.05, 3.63) is 42.5 Å². The number of azo groups is 1. The zero-order valence-corrected chi connectivity index (χ0v) is 16.2. The van der Waals surface area contributed by atoms with Crippen molar-refractivity contribution < 1.29 is 32.4 Å². The molecular formula is C16H18N4O7S2. The number of phenolic OH excluding ortho intramolecular Hbond substituents is 1. The molecule has 0 saturated heterocycles. The van der Waals surface area contributed by atoms with Crippen LogP contribution in [0.3, 0.4) is 0 Å². The molecule has 0 atom stereocenters. The molecule has 29 heavy (non-hydrogen) atoms. The summed E-state index contributed by atoms with van der Waals surface area (Å²) in [6.45, 7) is 0. The fourth-order valence-electron chi connectivity index (χ4n) is 2.62. The summed E-state index contributed by atoms with van der Waals surface area (Å²) in [7, 11) is -8.20. The maximum absolute atomic E-state index is 10.3. The van der Waals surface area contributed by atoms with E-state index in [0.717, 1.165) is 12.1 Å². The average Bonchev–Trinajstić information content (AvgIpc) is 2.60. The molecular weight excluding hydrogens is 424 g/mol. The number of phenols is 1. The van der Waals surface area contributed by atoms with Crippen LogP contribution in [0, 0.1) is 0 Å². The Labute approximate surface area is 167 Å². The summed E-state index contributed by atoms with van der Waals surface area (Å²) in [6, 6.07) is 8.93. The van der Waals surface area contributed by atoms with Gasteiger partial charge in [0.1, 0.15) is 38.9 Å². The highest BCUT2D eigenvalue weighted by Gasteiger charge is 2.22. The van der Waals surface area contributed by atoms with Gasteiger partial charge >= 0.3 is 0 Å². The number of aromatic hydroxyl groups is 1. The van der Waals surface area contributed by atoms with E-state index in [4.69, 9.17) is 11.5 Å². The molecule has 0 bridgehead atoms. The van der Waals surface area contributed by atoms with E-state index in [-0.39, 0.29) is 43.3 Å². The number of anilines is 2. The first-order valence-electron chi connectivity index (χ1n) is 7.76. The third kappa shape index (κ3) is 4.36. The van der Waals surface area contributed by atoms with Crippen LogP contribution in [0.4, 0.5) is 22.7 Å². The van der Waals surface area contributed by atoms with Gasteiger partial charge in [0.2, 0.25) is 0 Å². The largest absolute Gasteiger partial charge is 0.507 e. The van der Waals surface area contributed by atoms with E-state index in [1.807, 2.05) is 0 Å². The van der Waals surface area contributed by atoms with Gasteiger partial charge in [-0.2, -0.15) is 0 Å². The average molecular weight is 442 g/mol. The molecule has 0 spiro atoms. The molecule has 0 amide bonds. The van der Waals surface area contributed by atoms with E-state index in [0.29, 0.717) is 0 Å². The molecule has 3 aromatic rings. The number of nitrogens with zero attached hydrogens (tertiary/aromatic N) is 2. The molecule has 11 N–H and O–H groups in total. The molecule has 3 rings (SSSR count). The van der Waals surface area contributed by atoms with Crippen LogP contribution in [-0.4, -0.2) is 32.4 Å². The minimum atomic E-state index is -4.14. The van der Waals surface area contributed by atoms with Gasteiger partial charge in [-0.3, -0.25) is 0 Å². The normalized spacial score (nSPS) is 13.9. The van der Waals surface area contributed by atoms with Crippen molar-refractivity contribution in [1.82, 2.24) is 0 Å². The van der Waals surface area contributed by atoms with Gasteiger partial charge in [0.25, 0.3) is 0 Å². The summed E-state index contributed by atoms with van der Waals surface area (Å²) >= 11 is 0. The molecule has 0 fully saturated rings. The van der Waals surface area contributed by atoms with Crippen molar-refractivity contribution in [3.63, 3.8) is 0 Å². The zero-order chi connectivity index (χ0) is 21.6. The van der Waals surface area contributed by atoms with Gasteiger partial charge in [-0.15, -0.1) is 10.2 Å². The van der Waals surface area contributed by atoms with Gasteiger partial charge in [-0.05, 0) is 41.8 Å². The molecule has 156 valence electrons. The van der Waals surface area contributed by atoms with Gasteiger partial charge in [0.15, 0.2) is 0 Å². The third-order valence-electron chi connectivity index (χ3n) is 3.93. The summed E-state index contributed by atoms with van der Waals surface area (Å²) in [5.74, 6) is -0.447. The Morgan fingerprint density at radius 2 is 1.45 bits per heavy atom. The Hall–Kier alpha value is -2.62. The smallest absolute Gasteiger partial charge is 0.127 e. The van der Waals surface area contributed by atoms with Crippen LogP contribution in [-0.2, 0) is 0 Å². The van der Waals surface area contributed by atoms with E-state index in [1.54, 1.807) is 0 Å². The lowest BCUT2D eigenvalue weighted by Crippen LogP contribution is -1.97. The molecule has 13 heteroatoms. The Morgan fingerprint density at radius 1 is 0.759 bits per heavy atom. The summed E-state index contributed by atoms with van der Waals surface area (Å²) in [5, 5.41) is 18.6. The highest BCUT2D eigenvalue weighted by atomic mass is 32.3. The summed E-state index contributed by atoms with van der Waals surface area (Å²) in [6.07, 6.45) is 0. The van der Waals surface area contributed by atoms with Crippen molar-refractivity contribution >= 4 is 55.3 Å². The molecule has 0 radical (unpaired) electrons. The maximum atomic E-state index is 10.3. The quantitative estimate of drug-likeness (QED) is 0.189. The molecule has 0 aliphatic carbocycles. The van der Waals surface area contributed by atoms with Crippen LogP contribution >= 0.6 is 21.7 Å². The first-order chi connectivity index (χ1) is 13.4. The molecule has 3 aromatic carbocycles. The molecule has 11 nitrogen and oxygen atoms in total. The Balaban J connectivity index is 2.18. The predicted molar refractivity (Wildman–Crippen MR) is 113 cm³/mol. The van der Waals surface area contributed by atoms with Gasteiger partial charge in [0.05, 0.1) is 20.9 Å². The molecule has 0 aliphatic rings. The first kappa shape index (κ1) is 21.1. The predicted octanol–water partition coefficient (Wildman–Crippen LogP) is 5.29. The number of rotatable bonds is 4. The summed E-state index contributed by atoms with van der Waals surface area (Å²) in [4.78, 5) is -0.647. The second-order valence-corrected chi connectivity index (χ2v) is 9.00. The Morgan fingerprint density at radius 3 is 2.07 bits per heavy atom. The molecule has 0 saturated carbocycles. The SMILES string of the molecule is Nc1ccc(N=Nc2c(N)ccc3cc(S(O)(O)O)cc(O)c23)c(S(O)(O)O)c1. The lowest BCUT2D eigenvalue weighted by Gasteiger charge is -2.21. The van der Waals surface area contributed by atoms with Crippen LogP contribution in [0.25, 0.3) is 10.8 Å². The third-order valence-corrected chi connectivity index (χ3v) is 5.71. The number of fused-ring (bicyclic) bond motifs is 1. The fourth-order valence-corrected chi connectivity index (χ4v) is 3.86.